The Kier molecular flexibility index (Phi) is 5.99. The van der Waals surface area contributed by atoms with Crippen molar-refractivity contribution in [1.29, 1.82) is 0 Å². The summed E-state index contributed by atoms with van der Waals surface area (Å²) in [4.78, 5) is 22.7. The van der Waals surface area contributed by atoms with Gasteiger partial charge in [-0.3, -0.25) is 9.59 Å². The molecule has 3 rings (SSSR count). The van der Waals surface area contributed by atoms with Gasteiger partial charge in [0, 0.05) is 36.1 Å². The van der Waals surface area contributed by atoms with Crippen molar-refractivity contribution in [2.24, 2.45) is 0 Å². The van der Waals surface area contributed by atoms with Crippen LogP contribution in [0.2, 0.25) is 15.1 Å². The van der Waals surface area contributed by atoms with E-state index >= 15 is 0 Å². The first kappa shape index (κ1) is 19.6. The number of hydrogen-bond donors (Lipinski definition) is 2. The molecule has 1 aliphatic heterocycles. The number of halogens is 3. The lowest BCUT2D eigenvalue weighted by Crippen LogP contribution is -2.13. The van der Waals surface area contributed by atoms with Crippen LogP contribution >= 0.6 is 34.8 Å². The molecule has 1 aliphatic rings. The van der Waals surface area contributed by atoms with Crippen LogP contribution in [0.15, 0.2) is 24.3 Å². The minimum absolute atomic E-state index is 0.0247. The molecule has 0 saturated carbocycles. The highest BCUT2D eigenvalue weighted by Gasteiger charge is 2.25. The van der Waals surface area contributed by atoms with Crippen molar-refractivity contribution in [2.75, 3.05) is 5.32 Å². The maximum atomic E-state index is 12.2. The number of nitrogens with one attached hydrogen (secondary N) is 1. The van der Waals surface area contributed by atoms with Crippen LogP contribution in [-0.2, 0) is 9.59 Å². The number of unbranched alkanes of at least 4 members (excludes halogenated alkanes) is 1. The molecule has 2 aromatic carbocycles. The van der Waals surface area contributed by atoms with Gasteiger partial charge in [0.05, 0.1) is 15.7 Å². The molecular weight excluding hydrogens is 417 g/mol. The van der Waals surface area contributed by atoms with Gasteiger partial charge < -0.3 is 19.9 Å². The number of hydrogen-bond acceptors (Lipinski definition) is 4. The summed E-state index contributed by atoms with van der Waals surface area (Å²) in [6, 6.07) is 6.16. The van der Waals surface area contributed by atoms with Gasteiger partial charge in [0.15, 0.2) is 23.0 Å². The lowest BCUT2D eigenvalue weighted by molar-refractivity contribution is -0.137. The summed E-state index contributed by atoms with van der Waals surface area (Å²) < 4.78 is 11.6. The Morgan fingerprint density at radius 3 is 2.19 bits per heavy atom. The molecule has 142 valence electrons. The Balaban J connectivity index is 1.77. The monoisotopic (exact) mass is 429 g/mol. The number of ether oxygens (including phenoxy) is 2. The number of rotatable bonds is 6. The lowest BCUT2D eigenvalue weighted by Gasteiger charge is -2.23. The zero-order valence-electron chi connectivity index (χ0n) is 13.9. The van der Waals surface area contributed by atoms with Gasteiger partial charge in [0.25, 0.3) is 0 Å². The van der Waals surface area contributed by atoms with E-state index in [1.165, 1.54) is 12.1 Å². The molecule has 0 unspecified atom stereocenters. The average Bonchev–Trinajstić information content (AvgIpc) is 2.58. The fourth-order valence-corrected chi connectivity index (χ4v) is 3.03. The van der Waals surface area contributed by atoms with Gasteiger partial charge in [-0.1, -0.05) is 34.8 Å². The molecular formula is C18H14Cl3NO5. The molecule has 6 nitrogen and oxygen atoms in total. The molecule has 0 bridgehead atoms. The maximum Gasteiger partial charge on any atom is 0.303 e. The Bertz CT molecular complexity index is 916. The van der Waals surface area contributed by atoms with Crippen molar-refractivity contribution in [2.45, 2.75) is 25.7 Å². The second kappa shape index (κ2) is 8.25. The van der Waals surface area contributed by atoms with Gasteiger partial charge in [-0.05, 0) is 18.9 Å². The fraction of sp³-hybridized carbons (Fsp3) is 0.222. The van der Waals surface area contributed by atoms with Crippen molar-refractivity contribution >= 4 is 52.4 Å². The Labute approximate surface area is 169 Å². The highest BCUT2D eigenvalue weighted by Crippen LogP contribution is 2.51. The fourth-order valence-electron chi connectivity index (χ4n) is 2.52. The van der Waals surface area contributed by atoms with E-state index in [0.29, 0.717) is 56.6 Å². The summed E-state index contributed by atoms with van der Waals surface area (Å²) in [6.07, 6.45) is 1.07. The maximum absolute atomic E-state index is 12.2. The second-order valence-electron chi connectivity index (χ2n) is 5.85. The van der Waals surface area contributed by atoms with Crippen molar-refractivity contribution < 1.29 is 24.2 Å². The zero-order valence-corrected chi connectivity index (χ0v) is 16.1. The number of carboxylic acid groups (broad SMARTS) is 1. The van der Waals surface area contributed by atoms with Crippen LogP contribution in [0.25, 0.3) is 0 Å². The molecule has 0 saturated heterocycles. The van der Waals surface area contributed by atoms with E-state index in [0.717, 1.165) is 0 Å². The third kappa shape index (κ3) is 4.77. The SMILES string of the molecule is O=C(O)CCCCC(=O)Nc1cc(Cl)cc2c1Oc1cc(Cl)c(Cl)cc1O2. The molecule has 1 amide bonds. The summed E-state index contributed by atoms with van der Waals surface area (Å²) in [5.41, 5.74) is 0.345. The molecule has 0 aromatic heterocycles. The van der Waals surface area contributed by atoms with Crippen LogP contribution in [0.3, 0.4) is 0 Å². The van der Waals surface area contributed by atoms with E-state index in [1.807, 2.05) is 0 Å². The van der Waals surface area contributed by atoms with Crippen LogP contribution in [0.4, 0.5) is 5.69 Å². The number of carbonyl (C=O) groups is 2. The summed E-state index contributed by atoms with van der Waals surface area (Å²) in [5, 5.41) is 12.3. The van der Waals surface area contributed by atoms with E-state index in [4.69, 9.17) is 49.4 Å². The number of carbonyl (C=O) groups excluding carboxylic acids is 1. The van der Waals surface area contributed by atoms with Gasteiger partial charge in [0.1, 0.15) is 0 Å². The summed E-state index contributed by atoms with van der Waals surface area (Å²) in [6.45, 7) is 0. The number of fused-ring (bicyclic) bond motifs is 2. The number of carboxylic acids is 1. The number of benzene rings is 2. The van der Waals surface area contributed by atoms with Crippen molar-refractivity contribution in [3.63, 3.8) is 0 Å². The first-order chi connectivity index (χ1) is 12.8. The molecule has 0 atom stereocenters. The Morgan fingerprint density at radius 2 is 1.52 bits per heavy atom. The molecule has 0 fully saturated rings. The van der Waals surface area contributed by atoms with Gasteiger partial charge in [-0.15, -0.1) is 0 Å². The quantitative estimate of drug-likeness (QED) is 0.460. The lowest BCUT2D eigenvalue weighted by atomic mass is 10.2. The number of aliphatic carboxylic acids is 1. The first-order valence-corrected chi connectivity index (χ1v) is 9.17. The summed E-state index contributed by atoms with van der Waals surface area (Å²) in [7, 11) is 0. The number of amides is 1. The third-order valence-electron chi connectivity index (χ3n) is 3.76. The van der Waals surface area contributed by atoms with Crippen molar-refractivity contribution in [3.8, 4) is 23.0 Å². The van der Waals surface area contributed by atoms with Gasteiger partial charge in [-0.25, -0.2) is 0 Å². The van der Waals surface area contributed by atoms with E-state index in [1.54, 1.807) is 12.1 Å². The topological polar surface area (TPSA) is 84.9 Å². The van der Waals surface area contributed by atoms with E-state index in [9.17, 15) is 9.59 Å². The van der Waals surface area contributed by atoms with Crippen molar-refractivity contribution in [3.05, 3.63) is 39.3 Å². The first-order valence-electron chi connectivity index (χ1n) is 8.03. The summed E-state index contributed by atoms with van der Waals surface area (Å²) >= 11 is 18.1. The van der Waals surface area contributed by atoms with E-state index in [-0.39, 0.29) is 18.7 Å². The molecule has 2 N–H and O–H groups in total. The normalized spacial score (nSPS) is 11.7. The molecule has 2 aromatic rings. The van der Waals surface area contributed by atoms with Crippen molar-refractivity contribution in [1.82, 2.24) is 0 Å². The highest BCUT2D eigenvalue weighted by atomic mass is 35.5. The Hall–Kier alpha value is -2.15. The largest absolute Gasteiger partial charge is 0.481 e. The zero-order chi connectivity index (χ0) is 19.6. The smallest absolute Gasteiger partial charge is 0.303 e. The number of anilines is 1. The summed E-state index contributed by atoms with van der Waals surface area (Å²) in [5.74, 6) is 0.190. The minimum Gasteiger partial charge on any atom is -0.481 e. The average molecular weight is 431 g/mol. The molecule has 27 heavy (non-hydrogen) atoms. The standard InChI is InChI=1S/C18H14Cl3NO5/c19-9-5-12(22-16(23)3-1-2-4-17(24)25)18-15(6-9)26-13-7-10(20)11(21)8-14(13)27-18/h5-8H,1-4H2,(H,22,23)(H,24,25). The molecule has 9 heteroatoms. The van der Waals surface area contributed by atoms with Crippen LogP contribution in [0.5, 0.6) is 23.0 Å². The molecule has 0 spiro atoms. The van der Waals surface area contributed by atoms with E-state index in [2.05, 4.69) is 5.32 Å². The van der Waals surface area contributed by atoms with E-state index < -0.39 is 5.97 Å². The molecule has 0 aliphatic carbocycles. The minimum atomic E-state index is -0.887. The van der Waals surface area contributed by atoms with Crippen LogP contribution < -0.4 is 14.8 Å². The predicted molar refractivity (Wildman–Crippen MR) is 103 cm³/mol. The van der Waals surface area contributed by atoms with Gasteiger partial charge in [-0.2, -0.15) is 0 Å². The van der Waals surface area contributed by atoms with Crippen LogP contribution in [0.1, 0.15) is 25.7 Å². The predicted octanol–water partition coefficient (Wildman–Crippen LogP) is 6.13. The third-order valence-corrected chi connectivity index (χ3v) is 4.70. The molecule has 0 radical (unpaired) electrons. The van der Waals surface area contributed by atoms with Gasteiger partial charge >= 0.3 is 5.97 Å². The van der Waals surface area contributed by atoms with Gasteiger partial charge in [0.2, 0.25) is 5.91 Å². The van der Waals surface area contributed by atoms with Crippen LogP contribution in [0, 0.1) is 0 Å². The van der Waals surface area contributed by atoms with Crippen LogP contribution in [-0.4, -0.2) is 17.0 Å². The molecule has 1 heterocycles. The Morgan fingerprint density at radius 1 is 0.889 bits per heavy atom. The second-order valence-corrected chi connectivity index (χ2v) is 7.10. The highest BCUT2D eigenvalue weighted by molar-refractivity contribution is 6.42.